The summed E-state index contributed by atoms with van der Waals surface area (Å²) in [4.78, 5) is 4.86. The molecule has 1 aliphatic rings. The highest BCUT2D eigenvalue weighted by Crippen LogP contribution is 2.34. The number of hydrogen-bond acceptors (Lipinski definition) is 3. The molecule has 0 radical (unpaired) electrons. The maximum absolute atomic E-state index is 6.32. The highest BCUT2D eigenvalue weighted by molar-refractivity contribution is 5.76. The van der Waals surface area contributed by atoms with Crippen LogP contribution in [0.15, 0.2) is 65.1 Å². The van der Waals surface area contributed by atoms with E-state index in [9.17, 15) is 0 Å². The van der Waals surface area contributed by atoms with E-state index in [1.165, 1.54) is 19.3 Å². The van der Waals surface area contributed by atoms with Gasteiger partial charge in [0.2, 0.25) is 0 Å². The van der Waals surface area contributed by atoms with Crippen LogP contribution in [0, 0.1) is 5.92 Å². The Labute approximate surface area is 148 Å². The molecular formula is C22H24N2O. The smallest absolute Gasteiger partial charge is 0.195 e. The van der Waals surface area contributed by atoms with Crippen molar-refractivity contribution < 1.29 is 4.42 Å². The van der Waals surface area contributed by atoms with Gasteiger partial charge in [-0.15, -0.1) is 0 Å². The zero-order valence-corrected chi connectivity index (χ0v) is 14.4. The Morgan fingerprint density at radius 1 is 0.880 bits per heavy atom. The first-order valence-corrected chi connectivity index (χ1v) is 9.17. The molecule has 3 aromatic rings. The predicted octanol–water partition coefficient (Wildman–Crippen LogP) is 5.07. The molecule has 3 heteroatoms. The predicted molar refractivity (Wildman–Crippen MR) is 101 cm³/mol. The summed E-state index contributed by atoms with van der Waals surface area (Å²) in [6, 6.07) is 20.8. The quantitative estimate of drug-likeness (QED) is 0.726. The third-order valence-corrected chi connectivity index (χ3v) is 5.16. The van der Waals surface area contributed by atoms with Gasteiger partial charge in [0, 0.05) is 23.6 Å². The molecule has 1 aromatic heterocycles. The molecule has 2 N–H and O–H groups in total. The Morgan fingerprint density at radius 3 is 2.20 bits per heavy atom. The average molecular weight is 332 g/mol. The van der Waals surface area contributed by atoms with Crippen LogP contribution < -0.4 is 5.73 Å². The monoisotopic (exact) mass is 332 g/mol. The van der Waals surface area contributed by atoms with E-state index >= 15 is 0 Å². The molecule has 0 spiro atoms. The molecule has 4 rings (SSSR count). The fraction of sp³-hybridized carbons (Fsp3) is 0.318. The molecule has 128 valence electrons. The number of hydrogen-bond donors (Lipinski definition) is 1. The Kier molecular flexibility index (Phi) is 4.66. The summed E-state index contributed by atoms with van der Waals surface area (Å²) in [7, 11) is 0. The number of aromatic nitrogens is 1. The van der Waals surface area contributed by atoms with Crippen LogP contribution in [0.1, 0.15) is 31.6 Å². The van der Waals surface area contributed by atoms with E-state index in [1.807, 2.05) is 36.4 Å². The van der Waals surface area contributed by atoms with E-state index in [4.69, 9.17) is 15.1 Å². The minimum atomic E-state index is 0.265. The first-order valence-electron chi connectivity index (χ1n) is 9.17. The van der Waals surface area contributed by atoms with Crippen molar-refractivity contribution in [3.63, 3.8) is 0 Å². The summed E-state index contributed by atoms with van der Waals surface area (Å²) in [5.41, 5.74) is 9.40. The van der Waals surface area contributed by atoms with Gasteiger partial charge >= 0.3 is 0 Å². The lowest BCUT2D eigenvalue weighted by Gasteiger charge is -2.27. The van der Waals surface area contributed by atoms with Crippen molar-refractivity contribution >= 4 is 0 Å². The highest BCUT2D eigenvalue weighted by atomic mass is 16.4. The maximum Gasteiger partial charge on any atom is 0.195 e. The molecular weight excluding hydrogens is 308 g/mol. The van der Waals surface area contributed by atoms with Crippen LogP contribution in [0.2, 0.25) is 0 Å². The van der Waals surface area contributed by atoms with E-state index in [2.05, 4.69) is 24.3 Å². The molecule has 1 saturated carbocycles. The lowest BCUT2D eigenvalue weighted by atomic mass is 9.83. The van der Waals surface area contributed by atoms with Crippen LogP contribution in [-0.2, 0) is 6.42 Å². The SMILES string of the molecule is N[C@@H]1CCCC[C@H]1Cc1nc(-c2ccccc2)c(-c2ccccc2)o1. The van der Waals surface area contributed by atoms with Crippen molar-refractivity contribution in [3.05, 3.63) is 66.6 Å². The molecule has 1 heterocycles. The van der Waals surface area contributed by atoms with Crippen LogP contribution in [0.4, 0.5) is 0 Å². The van der Waals surface area contributed by atoms with Gasteiger partial charge in [0.05, 0.1) is 0 Å². The topological polar surface area (TPSA) is 52.0 Å². The van der Waals surface area contributed by atoms with Gasteiger partial charge in [0.25, 0.3) is 0 Å². The molecule has 2 atom stereocenters. The lowest BCUT2D eigenvalue weighted by Crippen LogP contribution is -2.34. The van der Waals surface area contributed by atoms with Crippen LogP contribution in [0.3, 0.4) is 0 Å². The summed E-state index contributed by atoms with van der Waals surface area (Å²) in [5, 5.41) is 0. The minimum absolute atomic E-state index is 0.265. The second-order valence-electron chi connectivity index (χ2n) is 6.93. The Hall–Kier alpha value is -2.39. The first kappa shape index (κ1) is 16.1. The third kappa shape index (κ3) is 3.52. The van der Waals surface area contributed by atoms with E-state index in [0.717, 1.165) is 41.3 Å². The van der Waals surface area contributed by atoms with Gasteiger partial charge in [0.15, 0.2) is 11.7 Å². The van der Waals surface area contributed by atoms with Gasteiger partial charge < -0.3 is 10.2 Å². The minimum Gasteiger partial charge on any atom is -0.440 e. The molecule has 0 unspecified atom stereocenters. The van der Waals surface area contributed by atoms with E-state index in [0.29, 0.717) is 5.92 Å². The van der Waals surface area contributed by atoms with Crippen molar-refractivity contribution in [2.24, 2.45) is 11.7 Å². The zero-order chi connectivity index (χ0) is 17.1. The number of nitrogens with zero attached hydrogens (tertiary/aromatic N) is 1. The van der Waals surface area contributed by atoms with Gasteiger partial charge in [-0.25, -0.2) is 4.98 Å². The maximum atomic E-state index is 6.32. The van der Waals surface area contributed by atoms with Gasteiger partial charge in [-0.05, 0) is 18.8 Å². The van der Waals surface area contributed by atoms with Gasteiger partial charge in [-0.2, -0.15) is 0 Å². The number of nitrogens with two attached hydrogens (primary N) is 1. The molecule has 0 saturated heterocycles. The summed E-state index contributed by atoms with van der Waals surface area (Å²) >= 11 is 0. The average Bonchev–Trinajstić information content (AvgIpc) is 3.09. The van der Waals surface area contributed by atoms with Crippen molar-refractivity contribution in [1.29, 1.82) is 0 Å². The second-order valence-corrected chi connectivity index (χ2v) is 6.93. The van der Waals surface area contributed by atoms with Gasteiger partial charge in [0.1, 0.15) is 5.69 Å². The van der Waals surface area contributed by atoms with Crippen molar-refractivity contribution in [3.8, 4) is 22.6 Å². The second kappa shape index (κ2) is 7.24. The molecule has 2 aromatic carbocycles. The normalized spacial score (nSPS) is 20.5. The molecule has 0 aliphatic heterocycles. The Morgan fingerprint density at radius 2 is 1.52 bits per heavy atom. The number of oxazole rings is 1. The van der Waals surface area contributed by atoms with E-state index < -0.39 is 0 Å². The lowest BCUT2D eigenvalue weighted by molar-refractivity contribution is 0.288. The summed E-state index contributed by atoms with van der Waals surface area (Å²) in [6.07, 6.45) is 5.62. The largest absolute Gasteiger partial charge is 0.440 e. The molecule has 3 nitrogen and oxygen atoms in total. The number of rotatable bonds is 4. The van der Waals surface area contributed by atoms with Crippen molar-refractivity contribution in [2.45, 2.75) is 38.1 Å². The van der Waals surface area contributed by atoms with Crippen molar-refractivity contribution in [2.75, 3.05) is 0 Å². The molecule has 1 fully saturated rings. The fourth-order valence-corrected chi connectivity index (χ4v) is 3.74. The molecule has 0 amide bonds. The Balaban J connectivity index is 1.71. The van der Waals surface area contributed by atoms with E-state index in [-0.39, 0.29) is 6.04 Å². The van der Waals surface area contributed by atoms with Crippen LogP contribution >= 0.6 is 0 Å². The molecule has 25 heavy (non-hydrogen) atoms. The summed E-state index contributed by atoms with van der Waals surface area (Å²) in [5.74, 6) is 2.13. The van der Waals surface area contributed by atoms with E-state index in [1.54, 1.807) is 0 Å². The van der Waals surface area contributed by atoms with Crippen LogP contribution in [0.25, 0.3) is 22.6 Å². The van der Waals surface area contributed by atoms with Crippen molar-refractivity contribution in [1.82, 2.24) is 4.98 Å². The van der Waals surface area contributed by atoms with Crippen LogP contribution in [0.5, 0.6) is 0 Å². The third-order valence-electron chi connectivity index (χ3n) is 5.16. The fourth-order valence-electron chi connectivity index (χ4n) is 3.74. The Bertz CT molecular complexity index is 754. The first-order chi connectivity index (χ1) is 12.3. The molecule has 1 aliphatic carbocycles. The zero-order valence-electron chi connectivity index (χ0n) is 14.4. The summed E-state index contributed by atoms with van der Waals surface area (Å²) < 4.78 is 6.24. The number of benzene rings is 2. The standard InChI is InChI=1S/C22H24N2O/c23-19-14-8-7-13-18(19)15-20-24-21(16-9-3-1-4-10-16)22(25-20)17-11-5-2-6-12-17/h1-6,9-12,18-19H,7-8,13-15,23H2/t18-,19+/m0/s1. The summed E-state index contributed by atoms with van der Waals surface area (Å²) in [6.45, 7) is 0. The van der Waals surface area contributed by atoms with Gasteiger partial charge in [-0.3, -0.25) is 0 Å². The van der Waals surface area contributed by atoms with Crippen LogP contribution in [-0.4, -0.2) is 11.0 Å². The highest BCUT2D eigenvalue weighted by Gasteiger charge is 2.25. The van der Waals surface area contributed by atoms with Gasteiger partial charge in [-0.1, -0.05) is 73.5 Å². The molecule has 0 bridgehead atoms.